The minimum absolute atomic E-state index is 0.0845. The van der Waals surface area contributed by atoms with Gasteiger partial charge < -0.3 is 4.74 Å². The first kappa shape index (κ1) is 17.7. The van der Waals surface area contributed by atoms with Gasteiger partial charge in [-0.25, -0.2) is 0 Å². The summed E-state index contributed by atoms with van der Waals surface area (Å²) in [6.45, 7) is 2.67. The monoisotopic (exact) mass is 370 g/mol. The average Bonchev–Trinajstić information content (AvgIpc) is 3.07. The number of rotatable bonds is 5. The van der Waals surface area contributed by atoms with E-state index in [1.807, 2.05) is 37.3 Å². The molecule has 1 amide bonds. The number of tetrazole rings is 1. The quantitative estimate of drug-likeness (QED) is 0.666. The molecule has 0 radical (unpaired) electrons. The molecule has 8 nitrogen and oxygen atoms in total. The van der Waals surface area contributed by atoms with E-state index in [2.05, 4.69) is 26.0 Å². The van der Waals surface area contributed by atoms with E-state index in [4.69, 9.17) is 17.0 Å². The summed E-state index contributed by atoms with van der Waals surface area (Å²) in [5, 5.41) is 19.2. The highest BCUT2D eigenvalue weighted by atomic mass is 32.1. The van der Waals surface area contributed by atoms with Crippen LogP contribution in [-0.2, 0) is 6.54 Å². The molecule has 26 heavy (non-hydrogen) atoms. The van der Waals surface area contributed by atoms with E-state index in [0.717, 1.165) is 17.2 Å². The topological polar surface area (TPSA) is 94.0 Å². The zero-order chi connectivity index (χ0) is 18.5. The van der Waals surface area contributed by atoms with Crippen LogP contribution >= 0.6 is 12.2 Å². The van der Waals surface area contributed by atoms with Gasteiger partial charge in [0.25, 0.3) is 11.9 Å². The number of carbonyl (C=O) groups excluding carboxylic acids is 1. The number of hydrogen-bond donors (Lipinski definition) is 2. The Morgan fingerprint density at radius 2 is 2.00 bits per heavy atom. The highest BCUT2D eigenvalue weighted by Gasteiger charge is 2.15. The molecule has 0 aliphatic carbocycles. The number of aryl methyl sites for hydroxylation is 1. The molecule has 0 spiro atoms. The van der Waals surface area contributed by atoms with Gasteiger partial charge in [-0.3, -0.25) is 15.4 Å². The van der Waals surface area contributed by atoms with Gasteiger partial charge in [0, 0.05) is 0 Å². The maximum atomic E-state index is 12.6. The van der Waals surface area contributed by atoms with Crippen molar-refractivity contribution in [3.8, 4) is 5.75 Å². The third-order valence-corrected chi connectivity index (χ3v) is 3.85. The summed E-state index contributed by atoms with van der Waals surface area (Å²) in [6, 6.07) is 11.3. The Balaban J connectivity index is 1.74. The van der Waals surface area contributed by atoms with Crippen molar-refractivity contribution in [2.75, 3.05) is 12.4 Å². The van der Waals surface area contributed by atoms with Crippen molar-refractivity contribution in [2.24, 2.45) is 0 Å². The molecule has 0 aliphatic heterocycles. The highest BCUT2D eigenvalue weighted by Crippen LogP contribution is 2.25. The van der Waals surface area contributed by atoms with E-state index >= 15 is 0 Å². The van der Waals surface area contributed by atoms with Crippen LogP contribution < -0.4 is 15.4 Å². The van der Waals surface area contributed by atoms with E-state index in [-0.39, 0.29) is 17.0 Å². The van der Waals surface area contributed by atoms with Crippen LogP contribution in [0.4, 0.5) is 5.95 Å². The molecule has 134 valence electrons. The predicted octanol–water partition coefficient (Wildman–Crippen LogP) is 2.37. The number of benzene rings is 2. The van der Waals surface area contributed by atoms with Crippen LogP contribution in [0, 0.1) is 0 Å². The minimum atomic E-state index is -0.383. The molecule has 0 bridgehead atoms. The van der Waals surface area contributed by atoms with E-state index in [0.29, 0.717) is 17.9 Å². The minimum Gasteiger partial charge on any atom is -0.496 e. The number of carbonyl (C=O) groups is 1. The van der Waals surface area contributed by atoms with Crippen molar-refractivity contribution >= 4 is 40.0 Å². The summed E-state index contributed by atoms with van der Waals surface area (Å²) >= 11 is 5.16. The zero-order valence-electron chi connectivity index (χ0n) is 14.4. The molecule has 2 aromatic carbocycles. The lowest BCUT2D eigenvalue weighted by atomic mass is 10.1. The Hall–Kier alpha value is -3.07. The second kappa shape index (κ2) is 7.87. The van der Waals surface area contributed by atoms with Gasteiger partial charge in [0.15, 0.2) is 5.11 Å². The van der Waals surface area contributed by atoms with Crippen LogP contribution in [0.2, 0.25) is 0 Å². The van der Waals surface area contributed by atoms with Gasteiger partial charge in [0.2, 0.25) is 0 Å². The lowest BCUT2D eigenvalue weighted by molar-refractivity contribution is 0.0975. The number of methoxy groups -OCH3 is 1. The summed E-state index contributed by atoms with van der Waals surface area (Å²) < 4.78 is 5.34. The highest BCUT2D eigenvalue weighted by molar-refractivity contribution is 7.80. The van der Waals surface area contributed by atoms with E-state index in [1.54, 1.807) is 6.07 Å². The first-order chi connectivity index (χ1) is 12.6. The number of amides is 1. The number of ether oxygens (including phenoxy) is 1. The maximum absolute atomic E-state index is 12.6. The molecule has 0 saturated carbocycles. The van der Waals surface area contributed by atoms with Crippen LogP contribution in [0.3, 0.4) is 0 Å². The van der Waals surface area contributed by atoms with Gasteiger partial charge in [0.05, 0.1) is 19.2 Å². The van der Waals surface area contributed by atoms with Crippen LogP contribution in [-0.4, -0.2) is 38.3 Å². The molecule has 1 heterocycles. The Morgan fingerprint density at radius 3 is 2.69 bits per heavy atom. The number of thiocarbonyl (C=S) groups is 1. The van der Waals surface area contributed by atoms with E-state index in [1.165, 1.54) is 11.9 Å². The fraction of sp³-hybridized carbons (Fsp3) is 0.235. The Bertz CT molecular complexity index is 955. The summed E-state index contributed by atoms with van der Waals surface area (Å²) in [4.78, 5) is 14.1. The Morgan fingerprint density at radius 1 is 1.27 bits per heavy atom. The molecule has 0 atom stereocenters. The first-order valence-electron chi connectivity index (χ1n) is 8.07. The lowest BCUT2D eigenvalue weighted by Gasteiger charge is -2.11. The summed E-state index contributed by atoms with van der Waals surface area (Å²) in [5.41, 5.74) is 0.387. The largest absolute Gasteiger partial charge is 0.496 e. The molecule has 2 N–H and O–H groups in total. The van der Waals surface area contributed by atoms with Crippen molar-refractivity contribution in [1.29, 1.82) is 0 Å². The summed E-state index contributed by atoms with van der Waals surface area (Å²) in [5.74, 6) is 0.316. The maximum Gasteiger partial charge on any atom is 0.269 e. The zero-order valence-corrected chi connectivity index (χ0v) is 15.2. The van der Waals surface area contributed by atoms with Crippen molar-refractivity contribution in [3.63, 3.8) is 0 Å². The van der Waals surface area contributed by atoms with Crippen molar-refractivity contribution < 1.29 is 9.53 Å². The average molecular weight is 370 g/mol. The molecule has 0 saturated heterocycles. The van der Waals surface area contributed by atoms with Crippen LogP contribution in [0.1, 0.15) is 23.7 Å². The lowest BCUT2D eigenvalue weighted by Crippen LogP contribution is -2.34. The number of anilines is 1. The number of aromatic nitrogens is 4. The summed E-state index contributed by atoms with van der Waals surface area (Å²) in [7, 11) is 1.52. The third kappa shape index (κ3) is 3.94. The number of fused-ring (bicyclic) bond motifs is 1. The predicted molar refractivity (Wildman–Crippen MR) is 102 cm³/mol. The van der Waals surface area contributed by atoms with Gasteiger partial charge in [0.1, 0.15) is 5.75 Å². The number of hydrogen-bond acceptors (Lipinski definition) is 6. The molecule has 3 rings (SSSR count). The SMILES string of the molecule is CCCn1nnc(NC(=S)NC(=O)c2cc3ccccc3cc2OC)n1. The summed E-state index contributed by atoms with van der Waals surface area (Å²) in [6.07, 6.45) is 0.888. The van der Waals surface area contributed by atoms with E-state index < -0.39 is 0 Å². The van der Waals surface area contributed by atoms with Gasteiger partial charge in [-0.2, -0.15) is 4.80 Å². The first-order valence-corrected chi connectivity index (χ1v) is 8.48. The van der Waals surface area contributed by atoms with E-state index in [9.17, 15) is 4.79 Å². The second-order valence-electron chi connectivity index (χ2n) is 5.52. The van der Waals surface area contributed by atoms with Crippen LogP contribution in [0.15, 0.2) is 36.4 Å². The smallest absolute Gasteiger partial charge is 0.269 e. The van der Waals surface area contributed by atoms with Gasteiger partial charge in [-0.05, 0) is 46.8 Å². The van der Waals surface area contributed by atoms with Crippen molar-refractivity contribution in [1.82, 2.24) is 25.5 Å². The molecular formula is C17H18N6O2S. The Kier molecular flexibility index (Phi) is 5.37. The normalized spacial score (nSPS) is 10.5. The molecule has 0 unspecified atom stereocenters. The molecule has 3 aromatic rings. The molecule has 0 aliphatic rings. The van der Waals surface area contributed by atoms with Gasteiger partial charge in [-0.15, -0.1) is 5.10 Å². The van der Waals surface area contributed by atoms with Gasteiger partial charge in [-0.1, -0.05) is 36.3 Å². The van der Waals surface area contributed by atoms with Crippen LogP contribution in [0.25, 0.3) is 10.8 Å². The fourth-order valence-corrected chi connectivity index (χ4v) is 2.64. The number of nitrogens with zero attached hydrogens (tertiary/aromatic N) is 4. The Labute approximate surface area is 155 Å². The molecule has 9 heteroatoms. The molecular weight excluding hydrogens is 352 g/mol. The van der Waals surface area contributed by atoms with Gasteiger partial charge >= 0.3 is 0 Å². The molecule has 1 aromatic heterocycles. The fourth-order valence-electron chi connectivity index (χ4n) is 2.46. The second-order valence-corrected chi connectivity index (χ2v) is 5.93. The number of nitrogens with one attached hydrogen (secondary N) is 2. The third-order valence-electron chi connectivity index (χ3n) is 3.64. The van der Waals surface area contributed by atoms with Crippen molar-refractivity contribution in [2.45, 2.75) is 19.9 Å². The standard InChI is InChI=1S/C17H18N6O2S/c1-3-8-23-21-16(20-22-23)19-17(26)18-15(24)13-9-11-6-4-5-7-12(11)10-14(13)25-2/h4-7,9-10H,3,8H2,1-2H3,(H2,18,19,21,24,26). The van der Waals surface area contributed by atoms with Crippen molar-refractivity contribution in [3.05, 3.63) is 42.0 Å². The molecule has 0 fully saturated rings. The van der Waals surface area contributed by atoms with Crippen LogP contribution in [0.5, 0.6) is 5.75 Å².